The molecule has 1 aliphatic rings. The number of pyridine rings is 1. The van der Waals surface area contributed by atoms with Crippen molar-refractivity contribution in [3.63, 3.8) is 0 Å². The molecule has 0 spiro atoms. The first kappa shape index (κ1) is 18.6. The fourth-order valence-corrected chi connectivity index (χ4v) is 4.04. The molecule has 5 heteroatoms. The number of methoxy groups -OCH3 is 1. The summed E-state index contributed by atoms with van der Waals surface area (Å²) in [6, 6.07) is 20.9. The van der Waals surface area contributed by atoms with Crippen molar-refractivity contribution in [1.82, 2.24) is 4.98 Å². The lowest BCUT2D eigenvalue weighted by molar-refractivity contribution is 0.253. The molecular weight excluding hydrogens is 376 g/mol. The van der Waals surface area contributed by atoms with Gasteiger partial charge < -0.3 is 14.9 Å². The number of ether oxygens (including phenoxy) is 1. The minimum Gasteiger partial charge on any atom is -0.481 e. The van der Waals surface area contributed by atoms with Gasteiger partial charge in [0.2, 0.25) is 11.6 Å². The highest BCUT2D eigenvalue weighted by Crippen LogP contribution is 2.39. The van der Waals surface area contributed by atoms with Gasteiger partial charge in [-0.3, -0.25) is 4.79 Å². The molecule has 0 unspecified atom stereocenters. The number of hydrogen-bond acceptors (Lipinski definition) is 5. The van der Waals surface area contributed by atoms with Crippen LogP contribution in [0.5, 0.6) is 5.88 Å². The molecular formula is C25H22N2O3. The second-order valence-corrected chi connectivity index (χ2v) is 7.82. The number of rotatable bonds is 4. The first-order chi connectivity index (χ1) is 14.6. The van der Waals surface area contributed by atoms with E-state index in [4.69, 9.17) is 14.9 Å². The third kappa shape index (κ3) is 3.08. The molecule has 1 fully saturated rings. The van der Waals surface area contributed by atoms with E-state index < -0.39 is 0 Å². The van der Waals surface area contributed by atoms with Gasteiger partial charge >= 0.3 is 0 Å². The zero-order valence-corrected chi connectivity index (χ0v) is 16.7. The van der Waals surface area contributed by atoms with Gasteiger partial charge in [-0.05, 0) is 30.4 Å². The van der Waals surface area contributed by atoms with E-state index >= 15 is 0 Å². The van der Waals surface area contributed by atoms with Gasteiger partial charge in [-0.2, -0.15) is 4.98 Å². The van der Waals surface area contributed by atoms with Crippen LogP contribution in [0.1, 0.15) is 24.8 Å². The zero-order valence-electron chi connectivity index (χ0n) is 16.7. The van der Waals surface area contributed by atoms with Crippen molar-refractivity contribution in [1.29, 1.82) is 0 Å². The van der Waals surface area contributed by atoms with Crippen LogP contribution < -0.4 is 15.9 Å². The zero-order chi connectivity index (χ0) is 20.7. The van der Waals surface area contributed by atoms with Gasteiger partial charge in [0.15, 0.2) is 5.43 Å². The molecule has 0 saturated heterocycles. The van der Waals surface area contributed by atoms with Crippen molar-refractivity contribution in [3.8, 4) is 28.3 Å². The van der Waals surface area contributed by atoms with Crippen LogP contribution in [0.15, 0.2) is 75.9 Å². The predicted molar refractivity (Wildman–Crippen MR) is 117 cm³/mol. The third-order valence-electron chi connectivity index (χ3n) is 5.96. The number of aromatic nitrogens is 1. The minimum absolute atomic E-state index is 0.140. The fourth-order valence-electron chi connectivity index (χ4n) is 4.04. The highest BCUT2D eigenvalue weighted by molar-refractivity contribution is 5.93. The van der Waals surface area contributed by atoms with Crippen LogP contribution in [0.4, 0.5) is 0 Å². The monoisotopic (exact) mass is 398 g/mol. The van der Waals surface area contributed by atoms with Crippen molar-refractivity contribution in [2.24, 2.45) is 5.73 Å². The topological polar surface area (TPSA) is 78.4 Å². The van der Waals surface area contributed by atoms with Gasteiger partial charge in [0, 0.05) is 28.8 Å². The first-order valence-corrected chi connectivity index (χ1v) is 10.1. The lowest BCUT2D eigenvalue weighted by Crippen LogP contribution is -2.43. The Morgan fingerprint density at radius 1 is 1.00 bits per heavy atom. The number of nitrogens with two attached hydrogens (primary N) is 1. The average molecular weight is 398 g/mol. The molecule has 4 aromatic rings. The Labute approximate surface area is 174 Å². The summed E-state index contributed by atoms with van der Waals surface area (Å²) in [5.74, 6) is 0.870. The van der Waals surface area contributed by atoms with Crippen LogP contribution >= 0.6 is 0 Å². The van der Waals surface area contributed by atoms with Gasteiger partial charge in [0.1, 0.15) is 5.76 Å². The molecule has 0 bridgehead atoms. The molecule has 1 aliphatic carbocycles. The number of benzene rings is 2. The molecule has 1 saturated carbocycles. The van der Waals surface area contributed by atoms with E-state index in [9.17, 15) is 4.79 Å². The average Bonchev–Trinajstić information content (AvgIpc) is 2.77. The summed E-state index contributed by atoms with van der Waals surface area (Å²) in [7, 11) is 1.55. The van der Waals surface area contributed by atoms with Crippen molar-refractivity contribution < 1.29 is 9.15 Å². The Hall–Kier alpha value is -3.44. The van der Waals surface area contributed by atoms with E-state index in [2.05, 4.69) is 4.98 Å². The van der Waals surface area contributed by atoms with Gasteiger partial charge in [-0.25, -0.2) is 0 Å². The molecule has 5 nitrogen and oxygen atoms in total. The Balaban J connectivity index is 1.67. The molecule has 2 aromatic heterocycles. The normalized spacial score (nSPS) is 15.0. The lowest BCUT2D eigenvalue weighted by Gasteiger charge is -2.38. The second kappa shape index (κ2) is 7.11. The van der Waals surface area contributed by atoms with E-state index in [1.54, 1.807) is 13.2 Å². The van der Waals surface area contributed by atoms with Crippen LogP contribution in [0.3, 0.4) is 0 Å². The van der Waals surface area contributed by atoms with Crippen molar-refractivity contribution in [2.75, 3.05) is 7.11 Å². The SMILES string of the molecule is COc1cc(-c2ccc(C3(N)CCC3)cc2)c2c(=O)cc(-c3ccccc3)oc2n1. The summed E-state index contributed by atoms with van der Waals surface area (Å²) in [5.41, 5.74) is 9.92. The molecule has 150 valence electrons. The predicted octanol–water partition coefficient (Wildman–Crippen LogP) is 4.87. The Bertz CT molecular complexity index is 1270. The third-order valence-corrected chi connectivity index (χ3v) is 5.96. The van der Waals surface area contributed by atoms with Gasteiger partial charge in [-0.1, -0.05) is 54.6 Å². The van der Waals surface area contributed by atoms with Crippen molar-refractivity contribution in [2.45, 2.75) is 24.8 Å². The largest absolute Gasteiger partial charge is 0.481 e. The van der Waals surface area contributed by atoms with E-state index in [1.807, 2.05) is 54.6 Å². The maximum atomic E-state index is 13.1. The van der Waals surface area contributed by atoms with E-state index in [0.29, 0.717) is 17.0 Å². The van der Waals surface area contributed by atoms with E-state index in [1.165, 1.54) is 6.07 Å². The summed E-state index contributed by atoms with van der Waals surface area (Å²) < 4.78 is 11.4. The summed E-state index contributed by atoms with van der Waals surface area (Å²) in [4.78, 5) is 17.5. The van der Waals surface area contributed by atoms with Crippen LogP contribution in [0.2, 0.25) is 0 Å². The second-order valence-electron chi connectivity index (χ2n) is 7.82. The van der Waals surface area contributed by atoms with Gasteiger partial charge in [-0.15, -0.1) is 0 Å². The summed E-state index contributed by atoms with van der Waals surface area (Å²) in [5, 5.41) is 0.439. The number of nitrogens with zero attached hydrogens (tertiary/aromatic N) is 1. The molecule has 30 heavy (non-hydrogen) atoms. The molecule has 2 heterocycles. The van der Waals surface area contributed by atoms with Crippen LogP contribution in [-0.4, -0.2) is 12.1 Å². The van der Waals surface area contributed by atoms with E-state index in [-0.39, 0.29) is 16.7 Å². The standard InChI is InChI=1S/C25H22N2O3/c1-29-22-14-19(16-8-10-18(11-9-16)25(26)12-5-13-25)23-20(28)15-21(30-24(23)27-22)17-6-3-2-4-7-17/h2-4,6-11,14-15H,5,12-13,26H2,1H3. The Morgan fingerprint density at radius 3 is 2.37 bits per heavy atom. The van der Waals surface area contributed by atoms with Crippen molar-refractivity contribution in [3.05, 3.63) is 82.5 Å². The number of fused-ring (bicyclic) bond motifs is 1. The molecule has 0 atom stereocenters. The Morgan fingerprint density at radius 2 is 1.73 bits per heavy atom. The first-order valence-electron chi connectivity index (χ1n) is 10.1. The molecule has 5 rings (SSSR count). The molecule has 2 aromatic carbocycles. The van der Waals surface area contributed by atoms with Crippen LogP contribution in [0, 0.1) is 0 Å². The fraction of sp³-hybridized carbons (Fsp3) is 0.200. The van der Waals surface area contributed by atoms with Gasteiger partial charge in [0.25, 0.3) is 0 Å². The van der Waals surface area contributed by atoms with E-state index in [0.717, 1.165) is 41.5 Å². The molecule has 0 aliphatic heterocycles. The van der Waals surface area contributed by atoms with Crippen LogP contribution in [0.25, 0.3) is 33.6 Å². The summed E-state index contributed by atoms with van der Waals surface area (Å²) in [6.45, 7) is 0. The maximum absolute atomic E-state index is 13.1. The highest BCUT2D eigenvalue weighted by Gasteiger charge is 2.34. The smallest absolute Gasteiger partial charge is 0.234 e. The molecule has 0 radical (unpaired) electrons. The van der Waals surface area contributed by atoms with Crippen molar-refractivity contribution >= 4 is 11.1 Å². The quantitative estimate of drug-likeness (QED) is 0.531. The number of hydrogen-bond donors (Lipinski definition) is 1. The summed E-state index contributed by atoms with van der Waals surface area (Å²) in [6.07, 6.45) is 3.17. The minimum atomic E-state index is -0.222. The summed E-state index contributed by atoms with van der Waals surface area (Å²) >= 11 is 0. The van der Waals surface area contributed by atoms with Gasteiger partial charge in [0.05, 0.1) is 12.5 Å². The maximum Gasteiger partial charge on any atom is 0.234 e. The molecule has 2 N–H and O–H groups in total. The Kier molecular flexibility index (Phi) is 4.40. The highest BCUT2D eigenvalue weighted by atomic mass is 16.5. The van der Waals surface area contributed by atoms with Crippen LogP contribution in [-0.2, 0) is 5.54 Å². The molecule has 0 amide bonds. The lowest BCUT2D eigenvalue weighted by atomic mass is 9.72.